The van der Waals surface area contributed by atoms with Crippen LogP contribution in [0.25, 0.3) is 22.1 Å². The van der Waals surface area contributed by atoms with E-state index in [0.717, 1.165) is 22.3 Å². The molecule has 0 amide bonds. The summed E-state index contributed by atoms with van der Waals surface area (Å²) >= 11 is 0. The molecule has 0 aliphatic carbocycles. The number of para-hydroxylation sites is 4. The highest BCUT2D eigenvalue weighted by molar-refractivity contribution is 5.75. The molecule has 0 aliphatic heterocycles. The lowest BCUT2D eigenvalue weighted by molar-refractivity contribution is 0.299. The minimum Gasteiger partial charge on any atom is -0.505 e. The van der Waals surface area contributed by atoms with E-state index in [9.17, 15) is 5.11 Å². The Morgan fingerprint density at radius 3 is 1.41 bits per heavy atom. The Labute approximate surface area is 226 Å². The third kappa shape index (κ3) is 6.84. The fourth-order valence-corrected chi connectivity index (χ4v) is 4.27. The third-order valence-electron chi connectivity index (χ3n) is 6.59. The van der Waals surface area contributed by atoms with Crippen molar-refractivity contribution in [3.05, 3.63) is 101 Å². The second-order valence-electron chi connectivity index (χ2n) is 9.38. The maximum Gasteiger partial charge on any atom is 0.142 e. The Balaban J connectivity index is 0.000000175. The fourth-order valence-electron chi connectivity index (χ4n) is 4.27. The molecule has 6 aromatic rings. The molecule has 0 saturated heterocycles. The van der Waals surface area contributed by atoms with E-state index in [1.165, 1.54) is 22.1 Å². The van der Waals surface area contributed by atoms with Crippen molar-refractivity contribution in [1.29, 1.82) is 0 Å². The first-order valence-electron chi connectivity index (χ1n) is 12.8. The van der Waals surface area contributed by atoms with Crippen molar-refractivity contribution < 1.29 is 15.3 Å². The number of rotatable bonds is 6. The monoisotopic (exact) mass is 528 g/mol. The zero-order valence-electron chi connectivity index (χ0n) is 22.0. The van der Waals surface area contributed by atoms with Crippen molar-refractivity contribution in [2.75, 3.05) is 24.7 Å². The van der Waals surface area contributed by atoms with Gasteiger partial charge in [0, 0.05) is 30.9 Å². The first-order valence-corrected chi connectivity index (χ1v) is 12.8. The van der Waals surface area contributed by atoms with Crippen LogP contribution in [0.3, 0.4) is 0 Å². The number of hydrogen-bond donors (Lipinski definition) is 9. The number of benzene rings is 4. The van der Waals surface area contributed by atoms with Gasteiger partial charge in [-0.3, -0.25) is 20.4 Å². The van der Waals surface area contributed by atoms with Crippen molar-refractivity contribution in [1.82, 2.24) is 20.4 Å². The van der Waals surface area contributed by atoms with Gasteiger partial charge in [-0.25, -0.2) is 0 Å². The minimum atomic E-state index is 0.0294. The molecule has 39 heavy (non-hydrogen) atoms. The van der Waals surface area contributed by atoms with Gasteiger partial charge in [-0.2, -0.15) is 0 Å². The lowest BCUT2D eigenvalue weighted by Gasteiger charge is -2.14. The molecule has 0 spiro atoms. The number of aliphatic hydroxyl groups excluding tert-OH is 2. The predicted octanol–water partition coefficient (Wildman–Crippen LogP) is 4.52. The number of aromatic hydroxyl groups is 1. The quantitative estimate of drug-likeness (QED) is 0.114. The van der Waals surface area contributed by atoms with E-state index < -0.39 is 0 Å². The molecule has 2 aromatic heterocycles. The minimum absolute atomic E-state index is 0.0294. The predicted molar refractivity (Wildman–Crippen MR) is 158 cm³/mol. The normalized spacial score (nSPS) is 10.7. The number of nitrogens with one attached hydrogen (secondary N) is 4. The number of hydrogen-bond acceptors (Lipinski definition) is 5. The topological polar surface area (TPSA) is 176 Å². The number of aromatic amines is 4. The summed E-state index contributed by atoms with van der Waals surface area (Å²) in [4.78, 5) is 0. The first-order chi connectivity index (χ1) is 18.9. The summed E-state index contributed by atoms with van der Waals surface area (Å²) < 4.78 is 0. The Morgan fingerprint density at radius 1 is 0.615 bits per heavy atom. The second kappa shape index (κ2) is 12.8. The number of fused-ring (bicyclic) bond motifs is 2. The molecule has 0 fully saturated rings. The largest absolute Gasteiger partial charge is 0.505 e. The van der Waals surface area contributed by atoms with E-state index in [0.29, 0.717) is 36.2 Å². The Kier molecular flexibility index (Phi) is 8.98. The summed E-state index contributed by atoms with van der Waals surface area (Å²) in [6, 6.07) is 23.6. The number of nitrogen functional groups attached to an aromatic ring is 2. The summed E-state index contributed by atoms with van der Waals surface area (Å²) in [6.07, 6.45) is 1.52. The van der Waals surface area contributed by atoms with Crippen LogP contribution >= 0.6 is 0 Å². The maximum atomic E-state index is 10.2. The molecule has 0 atom stereocenters. The summed E-state index contributed by atoms with van der Waals surface area (Å²) in [7, 11) is 0. The van der Waals surface area contributed by atoms with Crippen molar-refractivity contribution in [2.24, 2.45) is 0 Å². The van der Waals surface area contributed by atoms with Crippen molar-refractivity contribution in [3.8, 4) is 5.75 Å². The van der Waals surface area contributed by atoms with Crippen LogP contribution in [0.5, 0.6) is 5.75 Å². The summed E-state index contributed by atoms with van der Waals surface area (Å²) in [5.41, 5.74) is 22.1. The Morgan fingerprint density at radius 2 is 1.03 bits per heavy atom. The van der Waals surface area contributed by atoms with Crippen molar-refractivity contribution in [3.63, 3.8) is 0 Å². The lowest BCUT2D eigenvalue weighted by atomic mass is 9.94. The highest BCUT2D eigenvalue weighted by Crippen LogP contribution is 2.31. The summed E-state index contributed by atoms with van der Waals surface area (Å²) in [5.74, 6) is 0.0669. The molecule has 0 aliphatic rings. The van der Waals surface area contributed by atoms with Gasteiger partial charge in [-0.05, 0) is 78.4 Å². The molecule has 0 radical (unpaired) electrons. The number of phenols is 1. The smallest absolute Gasteiger partial charge is 0.142 e. The molecule has 9 heteroatoms. The average molecular weight is 529 g/mol. The molecule has 4 aromatic carbocycles. The molecule has 0 bridgehead atoms. The maximum absolute atomic E-state index is 10.2. The SMILES string of the molecule is Cc1c(N)cc(CCO)cc1Cc1cc(CCO)cc(N)c1O.c1ccc2[nH][nH]c2c1.c1ccc2[nH][nH]c2c1. The molecular weight excluding hydrogens is 492 g/mol. The molecule has 6 rings (SSSR count). The van der Waals surface area contributed by atoms with Gasteiger partial charge in [0.25, 0.3) is 0 Å². The molecule has 0 saturated carbocycles. The zero-order chi connectivity index (χ0) is 27.8. The van der Waals surface area contributed by atoms with Gasteiger partial charge in [-0.1, -0.05) is 36.4 Å². The van der Waals surface area contributed by atoms with Crippen LogP contribution in [0.1, 0.15) is 27.8 Å². The van der Waals surface area contributed by atoms with E-state index in [4.69, 9.17) is 21.7 Å². The van der Waals surface area contributed by atoms with Crippen LogP contribution in [0.4, 0.5) is 11.4 Å². The van der Waals surface area contributed by atoms with Crippen molar-refractivity contribution in [2.45, 2.75) is 26.2 Å². The van der Waals surface area contributed by atoms with Crippen LogP contribution in [0, 0.1) is 6.92 Å². The van der Waals surface area contributed by atoms with Gasteiger partial charge in [-0.15, -0.1) is 0 Å². The van der Waals surface area contributed by atoms with Crippen LogP contribution in [0.2, 0.25) is 0 Å². The zero-order valence-corrected chi connectivity index (χ0v) is 22.0. The lowest BCUT2D eigenvalue weighted by Crippen LogP contribution is -2.03. The second-order valence-corrected chi connectivity index (χ2v) is 9.38. The summed E-state index contributed by atoms with van der Waals surface area (Å²) in [6.45, 7) is 2.03. The van der Waals surface area contributed by atoms with E-state index >= 15 is 0 Å². The Bertz CT molecular complexity index is 1440. The molecule has 9 nitrogen and oxygen atoms in total. The number of nitrogens with two attached hydrogens (primary N) is 2. The van der Waals surface area contributed by atoms with E-state index in [-0.39, 0.29) is 19.0 Å². The van der Waals surface area contributed by atoms with Gasteiger partial charge in [0.2, 0.25) is 0 Å². The Hall–Kier alpha value is -4.60. The fraction of sp³-hybridized carbons (Fsp3) is 0.200. The van der Waals surface area contributed by atoms with Gasteiger partial charge in [0.15, 0.2) is 0 Å². The van der Waals surface area contributed by atoms with Gasteiger partial charge in [0.05, 0.1) is 27.8 Å². The number of aliphatic hydroxyl groups is 2. The van der Waals surface area contributed by atoms with E-state index in [2.05, 4.69) is 20.4 Å². The van der Waals surface area contributed by atoms with Crippen molar-refractivity contribution >= 4 is 33.4 Å². The highest BCUT2D eigenvalue weighted by atomic mass is 16.3. The van der Waals surface area contributed by atoms with E-state index in [1.54, 1.807) is 6.07 Å². The first kappa shape index (κ1) is 27.4. The molecule has 0 unspecified atom stereocenters. The highest BCUT2D eigenvalue weighted by Gasteiger charge is 2.12. The van der Waals surface area contributed by atoms with Gasteiger partial charge in [0.1, 0.15) is 5.75 Å². The molecule has 2 heterocycles. The number of H-pyrrole nitrogens is 4. The van der Waals surface area contributed by atoms with Crippen LogP contribution in [0.15, 0.2) is 72.8 Å². The van der Waals surface area contributed by atoms with Gasteiger partial charge < -0.3 is 26.8 Å². The van der Waals surface area contributed by atoms with E-state index in [1.807, 2.05) is 73.7 Å². The molecular formula is C30H36N6O3. The summed E-state index contributed by atoms with van der Waals surface area (Å²) in [5, 5.41) is 40.2. The molecule has 204 valence electrons. The molecule has 11 N–H and O–H groups in total. The van der Waals surface area contributed by atoms with Crippen LogP contribution < -0.4 is 11.5 Å². The standard InChI is InChI=1S/C18H24N2O3.2C6H6N2/c1-11-14(6-12(2-4-21)8-16(11)19)10-15-7-13(3-5-22)9-17(20)18(15)23;2*1-2-4-6-5(3-1)7-8-6/h6-9,21-23H,2-5,10,19-20H2,1H3;2*1-4,7-8H. The third-order valence-corrected chi connectivity index (χ3v) is 6.59. The number of anilines is 2. The van der Waals surface area contributed by atoms with Crippen LogP contribution in [-0.4, -0.2) is 48.9 Å². The number of aromatic nitrogens is 4. The van der Waals surface area contributed by atoms with Crippen LogP contribution in [-0.2, 0) is 19.3 Å². The number of phenolic OH excluding ortho intramolecular Hbond substituents is 1. The average Bonchev–Trinajstić information content (AvgIpc) is 2.88. The van der Waals surface area contributed by atoms with Gasteiger partial charge >= 0.3 is 0 Å².